The third-order valence-corrected chi connectivity index (χ3v) is 5.58. The van der Waals surface area contributed by atoms with E-state index in [4.69, 9.17) is 14.2 Å². The van der Waals surface area contributed by atoms with Crippen molar-refractivity contribution in [2.45, 2.75) is 19.3 Å². The van der Waals surface area contributed by atoms with E-state index in [0.29, 0.717) is 22.1 Å². The summed E-state index contributed by atoms with van der Waals surface area (Å²) in [5.41, 5.74) is 2.33. The number of carbonyl (C=O) groups excluding carboxylic acids is 2. The van der Waals surface area contributed by atoms with Gasteiger partial charge in [0.05, 0.1) is 12.7 Å². The van der Waals surface area contributed by atoms with E-state index in [1.54, 1.807) is 12.1 Å². The molecule has 1 N–H and O–H groups in total. The summed E-state index contributed by atoms with van der Waals surface area (Å²) in [5.74, 6) is 0.657. The molecule has 2 aliphatic rings. The van der Waals surface area contributed by atoms with Crippen LogP contribution in [0.4, 0.5) is 5.00 Å². The number of methoxy groups -OCH3 is 1. The molecule has 1 amide bonds. The number of fused-ring (bicyclic) bond motifs is 2. The molecule has 26 heavy (non-hydrogen) atoms. The van der Waals surface area contributed by atoms with Crippen LogP contribution >= 0.6 is 11.3 Å². The largest absolute Gasteiger partial charge is 0.465 e. The molecule has 7 heteroatoms. The summed E-state index contributed by atoms with van der Waals surface area (Å²) in [5, 5.41) is 3.37. The molecule has 0 saturated carbocycles. The molecule has 0 radical (unpaired) electrons. The highest BCUT2D eigenvalue weighted by Gasteiger charge is 2.27. The van der Waals surface area contributed by atoms with Gasteiger partial charge in [-0.3, -0.25) is 4.79 Å². The Hall–Kier alpha value is -2.80. The van der Waals surface area contributed by atoms with Gasteiger partial charge in [-0.2, -0.15) is 0 Å². The van der Waals surface area contributed by atoms with E-state index in [-0.39, 0.29) is 12.7 Å². The summed E-state index contributed by atoms with van der Waals surface area (Å²) in [6, 6.07) is 5.46. The van der Waals surface area contributed by atoms with Crippen LogP contribution in [0.2, 0.25) is 0 Å². The van der Waals surface area contributed by atoms with E-state index in [1.165, 1.54) is 24.5 Å². The van der Waals surface area contributed by atoms with E-state index in [1.807, 2.05) is 12.1 Å². The van der Waals surface area contributed by atoms with Crippen LogP contribution in [-0.4, -0.2) is 25.8 Å². The molecule has 1 aliphatic heterocycles. The lowest BCUT2D eigenvalue weighted by molar-refractivity contribution is -0.111. The molecular formula is C19H17NO5S. The number of amides is 1. The number of hydrogen-bond donors (Lipinski definition) is 1. The smallest absolute Gasteiger partial charge is 0.341 e. The van der Waals surface area contributed by atoms with Crippen LogP contribution in [0.5, 0.6) is 11.5 Å². The first-order valence-electron chi connectivity index (χ1n) is 8.27. The standard InChI is InChI=1S/C19H17NO5S/c1-23-19(22)17-12-3-2-4-15(12)26-18(17)20-16(21)8-6-11-5-7-13-14(9-11)25-10-24-13/h5-9H,2-4,10H2,1H3,(H,20,21)/b8-6-. The van der Waals surface area contributed by atoms with Gasteiger partial charge in [-0.25, -0.2) is 4.79 Å². The predicted octanol–water partition coefficient (Wildman–Crippen LogP) is 3.40. The van der Waals surface area contributed by atoms with Crippen LogP contribution in [0, 0.1) is 0 Å². The van der Waals surface area contributed by atoms with Crippen molar-refractivity contribution >= 4 is 34.3 Å². The fourth-order valence-electron chi connectivity index (χ4n) is 3.15. The Labute approximate surface area is 154 Å². The van der Waals surface area contributed by atoms with Crippen LogP contribution in [0.25, 0.3) is 6.08 Å². The lowest BCUT2D eigenvalue weighted by atomic mass is 10.1. The molecule has 134 valence electrons. The van der Waals surface area contributed by atoms with Crippen LogP contribution in [0.3, 0.4) is 0 Å². The normalized spacial score (nSPS) is 14.5. The third-order valence-electron chi connectivity index (χ3n) is 4.37. The van der Waals surface area contributed by atoms with Gasteiger partial charge in [0.15, 0.2) is 11.5 Å². The van der Waals surface area contributed by atoms with Gasteiger partial charge in [-0.05, 0) is 48.6 Å². The van der Waals surface area contributed by atoms with E-state index >= 15 is 0 Å². The lowest BCUT2D eigenvalue weighted by Gasteiger charge is -2.05. The summed E-state index contributed by atoms with van der Waals surface area (Å²) >= 11 is 1.46. The quantitative estimate of drug-likeness (QED) is 0.659. The third kappa shape index (κ3) is 3.06. The first-order valence-corrected chi connectivity index (χ1v) is 9.09. The number of esters is 1. The molecule has 1 aromatic carbocycles. The molecule has 0 bridgehead atoms. The van der Waals surface area contributed by atoms with Gasteiger partial charge in [0.25, 0.3) is 0 Å². The Kier molecular flexibility index (Phi) is 4.38. The molecular weight excluding hydrogens is 354 g/mol. The Morgan fingerprint density at radius 3 is 2.92 bits per heavy atom. The highest BCUT2D eigenvalue weighted by atomic mass is 32.1. The number of anilines is 1. The Balaban J connectivity index is 1.51. The SMILES string of the molecule is COC(=O)c1c(NC(=O)/C=C\c2ccc3c(c2)OCO3)sc2c1CCC2. The Morgan fingerprint density at radius 1 is 1.23 bits per heavy atom. The van der Waals surface area contributed by atoms with Crippen molar-refractivity contribution in [1.82, 2.24) is 0 Å². The van der Waals surface area contributed by atoms with Crippen LogP contribution in [0.1, 0.15) is 32.8 Å². The molecule has 0 atom stereocenters. The van der Waals surface area contributed by atoms with Crippen molar-refractivity contribution in [1.29, 1.82) is 0 Å². The molecule has 2 heterocycles. The van der Waals surface area contributed by atoms with Crippen molar-refractivity contribution in [2.75, 3.05) is 19.2 Å². The van der Waals surface area contributed by atoms with Gasteiger partial charge in [-0.1, -0.05) is 6.07 Å². The summed E-state index contributed by atoms with van der Waals surface area (Å²) < 4.78 is 15.5. The van der Waals surface area contributed by atoms with E-state index in [9.17, 15) is 9.59 Å². The summed E-state index contributed by atoms with van der Waals surface area (Å²) in [7, 11) is 1.35. The summed E-state index contributed by atoms with van der Waals surface area (Å²) in [6.45, 7) is 0.211. The number of hydrogen-bond acceptors (Lipinski definition) is 6. The van der Waals surface area contributed by atoms with E-state index in [0.717, 1.165) is 35.3 Å². The minimum atomic E-state index is -0.403. The summed E-state index contributed by atoms with van der Waals surface area (Å²) in [4.78, 5) is 25.6. The zero-order chi connectivity index (χ0) is 18.1. The second-order valence-electron chi connectivity index (χ2n) is 5.99. The minimum Gasteiger partial charge on any atom is -0.465 e. The van der Waals surface area contributed by atoms with Crippen molar-refractivity contribution in [3.63, 3.8) is 0 Å². The Bertz CT molecular complexity index is 915. The maximum atomic E-state index is 12.3. The second kappa shape index (κ2) is 6.84. The monoisotopic (exact) mass is 371 g/mol. The van der Waals surface area contributed by atoms with Crippen molar-refractivity contribution in [3.8, 4) is 11.5 Å². The fourth-order valence-corrected chi connectivity index (χ4v) is 4.43. The van der Waals surface area contributed by atoms with Gasteiger partial charge in [0, 0.05) is 11.0 Å². The van der Waals surface area contributed by atoms with Gasteiger partial charge >= 0.3 is 5.97 Å². The summed E-state index contributed by atoms with van der Waals surface area (Å²) in [6.07, 6.45) is 5.94. The lowest BCUT2D eigenvalue weighted by Crippen LogP contribution is -2.12. The zero-order valence-electron chi connectivity index (χ0n) is 14.2. The molecule has 1 aromatic heterocycles. The topological polar surface area (TPSA) is 73.9 Å². The van der Waals surface area contributed by atoms with Crippen LogP contribution in [0.15, 0.2) is 24.3 Å². The zero-order valence-corrected chi connectivity index (χ0v) is 15.0. The molecule has 0 unspecified atom stereocenters. The van der Waals surface area contributed by atoms with Crippen molar-refractivity contribution in [2.24, 2.45) is 0 Å². The molecule has 0 spiro atoms. The number of thiophene rings is 1. The maximum absolute atomic E-state index is 12.3. The molecule has 6 nitrogen and oxygen atoms in total. The molecule has 2 aromatic rings. The fraction of sp³-hybridized carbons (Fsp3) is 0.263. The van der Waals surface area contributed by atoms with E-state index in [2.05, 4.69) is 5.32 Å². The predicted molar refractivity (Wildman–Crippen MR) is 97.9 cm³/mol. The number of carbonyl (C=O) groups is 2. The van der Waals surface area contributed by atoms with Crippen molar-refractivity contribution < 1.29 is 23.8 Å². The second-order valence-corrected chi connectivity index (χ2v) is 7.09. The first-order chi connectivity index (χ1) is 12.7. The molecule has 1 aliphatic carbocycles. The maximum Gasteiger partial charge on any atom is 0.341 e. The highest BCUT2D eigenvalue weighted by Crippen LogP contribution is 2.39. The van der Waals surface area contributed by atoms with Crippen LogP contribution in [-0.2, 0) is 22.4 Å². The van der Waals surface area contributed by atoms with Gasteiger partial charge < -0.3 is 19.5 Å². The van der Waals surface area contributed by atoms with Crippen molar-refractivity contribution in [3.05, 3.63) is 45.8 Å². The molecule has 4 rings (SSSR count). The minimum absolute atomic E-state index is 0.211. The van der Waals surface area contributed by atoms with Gasteiger partial charge in [-0.15, -0.1) is 11.3 Å². The highest BCUT2D eigenvalue weighted by molar-refractivity contribution is 7.17. The number of benzene rings is 1. The number of ether oxygens (including phenoxy) is 3. The molecule has 0 fully saturated rings. The average Bonchev–Trinajstić information content (AvgIpc) is 3.34. The first kappa shape index (κ1) is 16.7. The number of aryl methyl sites for hydroxylation is 1. The van der Waals surface area contributed by atoms with Gasteiger partial charge in [0.1, 0.15) is 5.00 Å². The average molecular weight is 371 g/mol. The van der Waals surface area contributed by atoms with Gasteiger partial charge in [0.2, 0.25) is 12.7 Å². The number of nitrogens with one attached hydrogen (secondary N) is 1. The van der Waals surface area contributed by atoms with Crippen LogP contribution < -0.4 is 14.8 Å². The Morgan fingerprint density at radius 2 is 2.08 bits per heavy atom. The molecule has 0 saturated heterocycles. The van der Waals surface area contributed by atoms with E-state index < -0.39 is 5.97 Å². The number of rotatable bonds is 4.